The van der Waals surface area contributed by atoms with Crippen LogP contribution in [0.1, 0.15) is 11.6 Å². The smallest absolute Gasteiger partial charge is 0.330 e. The number of rotatable bonds is 5. The lowest BCUT2D eigenvalue weighted by Gasteiger charge is -2.26. The first-order chi connectivity index (χ1) is 12.1. The zero-order valence-corrected chi connectivity index (χ0v) is 14.3. The number of carbonyl (C=O) groups excluding carboxylic acids is 1. The second-order valence-corrected chi connectivity index (χ2v) is 6.48. The van der Waals surface area contributed by atoms with E-state index in [1.54, 1.807) is 30.3 Å². The second kappa shape index (κ2) is 7.48. The molecule has 0 radical (unpaired) electrons. The van der Waals surface area contributed by atoms with Gasteiger partial charge in [-0.15, -0.1) is 11.8 Å². The van der Waals surface area contributed by atoms with Crippen molar-refractivity contribution in [1.82, 2.24) is 5.32 Å². The number of benzene rings is 2. The van der Waals surface area contributed by atoms with Crippen molar-refractivity contribution in [3.63, 3.8) is 0 Å². The number of hydrogen-bond donors (Lipinski definition) is 2. The largest absolute Gasteiger partial charge is 0.497 e. The van der Waals surface area contributed by atoms with Crippen LogP contribution in [-0.4, -0.2) is 35.9 Å². The van der Waals surface area contributed by atoms with Crippen molar-refractivity contribution in [1.29, 1.82) is 0 Å². The van der Waals surface area contributed by atoms with Gasteiger partial charge in [0.05, 0.1) is 7.11 Å². The molecule has 0 aromatic heterocycles. The minimum absolute atomic E-state index is 0.424. The Morgan fingerprint density at radius 3 is 2.84 bits per heavy atom. The number of hydrogen-bond acceptors (Lipinski definition) is 5. The van der Waals surface area contributed by atoms with Gasteiger partial charge in [0.2, 0.25) is 0 Å². The van der Waals surface area contributed by atoms with Crippen LogP contribution in [-0.2, 0) is 9.59 Å². The van der Waals surface area contributed by atoms with Crippen molar-refractivity contribution in [2.75, 3.05) is 12.9 Å². The number of carboxylic acid groups (broad SMARTS) is 1. The molecule has 2 aromatic rings. The molecule has 0 fully saturated rings. The third-order valence-electron chi connectivity index (χ3n) is 3.76. The Bertz CT molecular complexity index is 795. The predicted octanol–water partition coefficient (Wildman–Crippen LogP) is 2.49. The van der Waals surface area contributed by atoms with Gasteiger partial charge in [0.1, 0.15) is 11.5 Å². The van der Waals surface area contributed by atoms with E-state index in [-0.39, 0.29) is 0 Å². The summed E-state index contributed by atoms with van der Waals surface area (Å²) in [5, 5.41) is 12.0. The molecule has 2 N–H and O–H groups in total. The van der Waals surface area contributed by atoms with E-state index in [0.29, 0.717) is 22.8 Å². The summed E-state index contributed by atoms with van der Waals surface area (Å²) in [7, 11) is 1.50. The van der Waals surface area contributed by atoms with Gasteiger partial charge >= 0.3 is 5.97 Å². The Morgan fingerprint density at radius 2 is 2.08 bits per heavy atom. The van der Waals surface area contributed by atoms with E-state index in [4.69, 9.17) is 9.47 Å². The first-order valence-corrected chi connectivity index (χ1v) is 8.62. The molecule has 0 saturated carbocycles. The van der Waals surface area contributed by atoms with E-state index >= 15 is 0 Å². The molecule has 1 heterocycles. The van der Waals surface area contributed by atoms with Crippen LogP contribution in [0.2, 0.25) is 0 Å². The SMILES string of the molecule is COc1cccc(C(NC(=O)C2CSc3ccccc3O2)C(=O)O)c1. The summed E-state index contributed by atoms with van der Waals surface area (Å²) >= 11 is 1.51. The normalized spacial score (nSPS) is 16.9. The minimum Gasteiger partial charge on any atom is -0.497 e. The fourth-order valence-corrected chi connectivity index (χ4v) is 3.48. The summed E-state index contributed by atoms with van der Waals surface area (Å²) in [5.74, 6) is -0.0286. The molecule has 25 heavy (non-hydrogen) atoms. The van der Waals surface area contributed by atoms with Crippen molar-refractivity contribution < 1.29 is 24.2 Å². The van der Waals surface area contributed by atoms with E-state index in [1.807, 2.05) is 18.2 Å². The highest BCUT2D eigenvalue weighted by Gasteiger charge is 2.30. The maximum Gasteiger partial charge on any atom is 0.330 e. The Hall–Kier alpha value is -2.67. The molecule has 0 spiro atoms. The molecule has 2 unspecified atom stereocenters. The average molecular weight is 359 g/mol. The number of carbonyl (C=O) groups is 2. The zero-order chi connectivity index (χ0) is 17.8. The van der Waals surface area contributed by atoms with Gasteiger partial charge in [-0.25, -0.2) is 4.79 Å². The van der Waals surface area contributed by atoms with E-state index in [1.165, 1.54) is 18.9 Å². The number of thioether (sulfide) groups is 1. The van der Waals surface area contributed by atoms with E-state index < -0.39 is 24.0 Å². The number of aliphatic carboxylic acids is 1. The standard InChI is InChI=1S/C18H17NO5S/c1-23-12-6-4-5-11(9-12)16(18(21)22)19-17(20)14-10-25-15-8-3-2-7-13(15)24-14/h2-9,14,16H,10H2,1H3,(H,19,20)(H,21,22). The average Bonchev–Trinajstić information content (AvgIpc) is 2.65. The number of ether oxygens (including phenoxy) is 2. The van der Waals surface area contributed by atoms with Gasteiger partial charge in [0.25, 0.3) is 5.91 Å². The summed E-state index contributed by atoms with van der Waals surface area (Å²) < 4.78 is 10.8. The van der Waals surface area contributed by atoms with Gasteiger partial charge in [-0.2, -0.15) is 0 Å². The van der Waals surface area contributed by atoms with Crippen molar-refractivity contribution in [2.24, 2.45) is 0 Å². The number of para-hydroxylation sites is 1. The molecule has 1 aliphatic rings. The molecule has 130 valence electrons. The van der Waals surface area contributed by atoms with E-state index in [9.17, 15) is 14.7 Å². The number of amides is 1. The quantitative estimate of drug-likeness (QED) is 0.853. The maximum absolute atomic E-state index is 12.5. The van der Waals surface area contributed by atoms with Crippen LogP contribution >= 0.6 is 11.8 Å². The molecule has 1 amide bonds. The summed E-state index contributed by atoms with van der Waals surface area (Å²) in [6.45, 7) is 0. The Morgan fingerprint density at radius 1 is 1.28 bits per heavy atom. The fraction of sp³-hybridized carbons (Fsp3) is 0.222. The van der Waals surface area contributed by atoms with Crippen LogP contribution in [0, 0.1) is 0 Å². The molecule has 6 nitrogen and oxygen atoms in total. The molecular weight excluding hydrogens is 342 g/mol. The van der Waals surface area contributed by atoms with E-state index in [0.717, 1.165) is 4.90 Å². The van der Waals surface area contributed by atoms with Crippen LogP contribution in [0.4, 0.5) is 0 Å². The number of carboxylic acids is 1. The lowest BCUT2D eigenvalue weighted by molar-refractivity contribution is -0.143. The van der Waals surface area contributed by atoms with Gasteiger partial charge in [-0.1, -0.05) is 24.3 Å². The van der Waals surface area contributed by atoms with Crippen LogP contribution < -0.4 is 14.8 Å². The molecule has 3 rings (SSSR count). The molecule has 1 aliphatic heterocycles. The van der Waals surface area contributed by atoms with Crippen molar-refractivity contribution >= 4 is 23.6 Å². The minimum atomic E-state index is -1.17. The zero-order valence-electron chi connectivity index (χ0n) is 13.5. The summed E-state index contributed by atoms with van der Waals surface area (Å²) in [4.78, 5) is 25.1. The van der Waals surface area contributed by atoms with Gasteiger partial charge < -0.3 is 19.9 Å². The molecule has 0 aliphatic carbocycles. The second-order valence-electron chi connectivity index (χ2n) is 5.42. The van der Waals surface area contributed by atoms with Crippen molar-refractivity contribution in [3.8, 4) is 11.5 Å². The van der Waals surface area contributed by atoms with Gasteiger partial charge in [0, 0.05) is 10.6 Å². The highest BCUT2D eigenvalue weighted by molar-refractivity contribution is 7.99. The molecule has 2 aromatic carbocycles. The molecular formula is C18H17NO5S. The summed E-state index contributed by atoms with van der Waals surface area (Å²) in [5.41, 5.74) is 0.434. The maximum atomic E-state index is 12.5. The topological polar surface area (TPSA) is 84.9 Å². The fourth-order valence-electron chi connectivity index (χ4n) is 2.49. The first-order valence-electron chi connectivity index (χ1n) is 7.64. The predicted molar refractivity (Wildman–Crippen MR) is 93.1 cm³/mol. The Kier molecular flexibility index (Phi) is 5.14. The van der Waals surface area contributed by atoms with Crippen LogP contribution in [0.25, 0.3) is 0 Å². The molecule has 2 atom stereocenters. The van der Waals surface area contributed by atoms with Crippen LogP contribution in [0.15, 0.2) is 53.4 Å². The van der Waals surface area contributed by atoms with Gasteiger partial charge in [0.15, 0.2) is 12.1 Å². The van der Waals surface area contributed by atoms with Gasteiger partial charge in [-0.3, -0.25) is 4.79 Å². The number of fused-ring (bicyclic) bond motifs is 1. The van der Waals surface area contributed by atoms with Crippen LogP contribution in [0.5, 0.6) is 11.5 Å². The number of nitrogens with one attached hydrogen (secondary N) is 1. The lowest BCUT2D eigenvalue weighted by atomic mass is 10.1. The third-order valence-corrected chi connectivity index (χ3v) is 4.88. The number of methoxy groups -OCH3 is 1. The monoisotopic (exact) mass is 359 g/mol. The lowest BCUT2D eigenvalue weighted by Crippen LogP contribution is -2.44. The van der Waals surface area contributed by atoms with Crippen molar-refractivity contribution in [2.45, 2.75) is 17.0 Å². The van der Waals surface area contributed by atoms with Crippen molar-refractivity contribution in [3.05, 3.63) is 54.1 Å². The Labute approximate surface area is 149 Å². The van der Waals surface area contributed by atoms with Crippen LogP contribution in [0.3, 0.4) is 0 Å². The molecule has 0 saturated heterocycles. The summed E-state index contributed by atoms with van der Waals surface area (Å²) in [6.07, 6.45) is -0.743. The Balaban J connectivity index is 1.74. The molecule has 0 bridgehead atoms. The first kappa shape index (κ1) is 17.2. The van der Waals surface area contributed by atoms with E-state index in [2.05, 4.69) is 5.32 Å². The van der Waals surface area contributed by atoms with Gasteiger partial charge in [-0.05, 0) is 29.8 Å². The third kappa shape index (κ3) is 3.88. The summed E-state index contributed by atoms with van der Waals surface area (Å²) in [6, 6.07) is 12.9. The molecule has 7 heteroatoms. The highest BCUT2D eigenvalue weighted by Crippen LogP contribution is 2.35. The highest BCUT2D eigenvalue weighted by atomic mass is 32.2.